The molecule has 0 spiro atoms. The molecule has 5 nitrogen and oxygen atoms in total. The van der Waals surface area contributed by atoms with Crippen LogP contribution in [0.4, 0.5) is 0 Å². The maximum Gasteiger partial charge on any atom is 0.328 e. The molecule has 0 fully saturated rings. The van der Waals surface area contributed by atoms with Gasteiger partial charge in [-0.15, -0.1) is 0 Å². The van der Waals surface area contributed by atoms with Crippen molar-refractivity contribution in [3.63, 3.8) is 0 Å². The SMILES string of the molecule is Cn1c(=O)n(C)c2cc3c(cc21)c(=O)c1ccccc1n3C. The normalized spacial score (nSPS) is 11.8. The number of para-hydroxylation sites is 1. The van der Waals surface area contributed by atoms with Gasteiger partial charge in [-0.3, -0.25) is 13.9 Å². The van der Waals surface area contributed by atoms with E-state index in [1.54, 1.807) is 23.2 Å². The Labute approximate surface area is 125 Å². The predicted molar refractivity (Wildman–Crippen MR) is 88.4 cm³/mol. The molecule has 0 amide bonds. The van der Waals surface area contributed by atoms with Crippen molar-refractivity contribution in [3.05, 3.63) is 57.1 Å². The maximum absolute atomic E-state index is 12.8. The van der Waals surface area contributed by atoms with E-state index in [9.17, 15) is 9.59 Å². The summed E-state index contributed by atoms with van der Waals surface area (Å²) in [6.07, 6.45) is 0. The van der Waals surface area contributed by atoms with Crippen LogP contribution in [0.25, 0.3) is 32.8 Å². The number of imidazole rings is 1. The van der Waals surface area contributed by atoms with Crippen molar-refractivity contribution in [2.75, 3.05) is 0 Å². The van der Waals surface area contributed by atoms with E-state index in [2.05, 4.69) is 0 Å². The third-order valence-electron chi connectivity index (χ3n) is 4.51. The Morgan fingerprint density at radius 2 is 1.32 bits per heavy atom. The molecule has 2 aromatic heterocycles. The first-order chi connectivity index (χ1) is 10.5. The monoisotopic (exact) mass is 293 g/mol. The first-order valence-corrected chi connectivity index (χ1v) is 7.07. The number of hydrogen-bond donors (Lipinski definition) is 0. The largest absolute Gasteiger partial charge is 0.343 e. The van der Waals surface area contributed by atoms with E-state index < -0.39 is 0 Å². The van der Waals surface area contributed by atoms with E-state index >= 15 is 0 Å². The highest BCUT2D eigenvalue weighted by molar-refractivity contribution is 5.99. The molecular formula is C17H15N3O2. The maximum atomic E-state index is 12.8. The molecule has 0 N–H and O–H groups in total. The summed E-state index contributed by atoms with van der Waals surface area (Å²) in [5, 5.41) is 1.33. The molecule has 0 saturated carbocycles. The van der Waals surface area contributed by atoms with Gasteiger partial charge < -0.3 is 4.57 Å². The third kappa shape index (κ3) is 1.43. The van der Waals surface area contributed by atoms with Crippen molar-refractivity contribution in [2.24, 2.45) is 21.1 Å². The van der Waals surface area contributed by atoms with Crippen LogP contribution in [0.2, 0.25) is 0 Å². The van der Waals surface area contributed by atoms with E-state index in [1.807, 2.05) is 48.0 Å². The van der Waals surface area contributed by atoms with Crippen LogP contribution in [0.15, 0.2) is 46.0 Å². The minimum absolute atomic E-state index is 0.00176. The lowest BCUT2D eigenvalue weighted by Gasteiger charge is -2.10. The van der Waals surface area contributed by atoms with Gasteiger partial charge >= 0.3 is 5.69 Å². The Morgan fingerprint density at radius 3 is 2.05 bits per heavy atom. The number of hydrogen-bond acceptors (Lipinski definition) is 2. The van der Waals surface area contributed by atoms with Crippen molar-refractivity contribution >= 4 is 32.8 Å². The minimum atomic E-state index is -0.0926. The molecule has 0 radical (unpaired) electrons. The molecule has 0 atom stereocenters. The number of fused-ring (bicyclic) bond motifs is 3. The molecule has 0 unspecified atom stereocenters. The van der Waals surface area contributed by atoms with Crippen molar-refractivity contribution in [1.82, 2.24) is 13.7 Å². The zero-order chi connectivity index (χ0) is 15.6. The van der Waals surface area contributed by atoms with Crippen molar-refractivity contribution in [2.45, 2.75) is 0 Å². The smallest absolute Gasteiger partial charge is 0.328 e. The fraction of sp³-hybridized carbons (Fsp3) is 0.176. The molecular weight excluding hydrogens is 278 g/mol. The second-order valence-corrected chi connectivity index (χ2v) is 5.66. The molecule has 0 aliphatic rings. The Morgan fingerprint density at radius 1 is 0.682 bits per heavy atom. The van der Waals surface area contributed by atoms with Crippen LogP contribution in [-0.4, -0.2) is 13.7 Å². The molecule has 0 bridgehead atoms. The first kappa shape index (κ1) is 12.9. The van der Waals surface area contributed by atoms with Crippen molar-refractivity contribution < 1.29 is 0 Å². The summed E-state index contributed by atoms with van der Waals surface area (Å²) < 4.78 is 5.18. The van der Waals surface area contributed by atoms with E-state index in [0.29, 0.717) is 10.8 Å². The summed E-state index contributed by atoms with van der Waals surface area (Å²) in [5.41, 5.74) is 3.22. The summed E-state index contributed by atoms with van der Waals surface area (Å²) in [6.45, 7) is 0. The Balaban J connectivity index is 2.37. The Hall–Kier alpha value is -2.82. The van der Waals surface area contributed by atoms with Crippen molar-refractivity contribution in [1.29, 1.82) is 0 Å². The van der Waals surface area contributed by atoms with Gasteiger partial charge in [-0.1, -0.05) is 12.1 Å². The van der Waals surface area contributed by atoms with Crippen LogP contribution in [0, 0.1) is 0 Å². The van der Waals surface area contributed by atoms with Gasteiger partial charge in [0.25, 0.3) is 0 Å². The van der Waals surface area contributed by atoms with Gasteiger partial charge in [0, 0.05) is 31.9 Å². The van der Waals surface area contributed by atoms with Crippen molar-refractivity contribution in [3.8, 4) is 0 Å². The van der Waals surface area contributed by atoms with Gasteiger partial charge in [0.2, 0.25) is 0 Å². The summed E-state index contributed by atoms with van der Waals surface area (Å²) in [6, 6.07) is 11.3. The summed E-state index contributed by atoms with van der Waals surface area (Å²) in [7, 11) is 5.41. The fourth-order valence-electron chi connectivity index (χ4n) is 3.23. The van der Waals surface area contributed by atoms with Gasteiger partial charge in [0.1, 0.15) is 0 Å². The predicted octanol–water partition coefficient (Wildman–Crippen LogP) is 1.88. The molecule has 5 heteroatoms. The first-order valence-electron chi connectivity index (χ1n) is 7.07. The standard InChI is InChI=1S/C17H15N3O2/c1-18-12-7-5-4-6-10(12)16(21)11-8-14-15(9-13(11)18)20(3)17(22)19(14)2/h4-9H,1-3H3. The van der Waals surface area contributed by atoms with E-state index in [0.717, 1.165) is 22.1 Å². The minimum Gasteiger partial charge on any atom is -0.343 e. The lowest BCUT2D eigenvalue weighted by atomic mass is 10.1. The molecule has 110 valence electrons. The second kappa shape index (κ2) is 4.10. The second-order valence-electron chi connectivity index (χ2n) is 5.66. The number of aromatic nitrogens is 3. The fourth-order valence-corrected chi connectivity index (χ4v) is 3.23. The number of pyridine rings is 1. The van der Waals surface area contributed by atoms with Crippen LogP contribution in [-0.2, 0) is 21.1 Å². The topological polar surface area (TPSA) is 48.9 Å². The molecule has 0 aliphatic heterocycles. The summed E-state index contributed by atoms with van der Waals surface area (Å²) >= 11 is 0. The molecule has 0 aliphatic carbocycles. The number of rotatable bonds is 0. The zero-order valence-corrected chi connectivity index (χ0v) is 12.6. The highest BCUT2D eigenvalue weighted by Gasteiger charge is 2.13. The average molecular weight is 293 g/mol. The van der Waals surface area contributed by atoms with Gasteiger partial charge in [-0.2, -0.15) is 0 Å². The number of nitrogens with zero attached hydrogens (tertiary/aromatic N) is 3. The Bertz CT molecular complexity index is 1190. The van der Waals surface area contributed by atoms with Crippen LogP contribution >= 0.6 is 0 Å². The van der Waals surface area contributed by atoms with E-state index in [1.165, 1.54) is 0 Å². The average Bonchev–Trinajstić information content (AvgIpc) is 2.76. The summed E-state index contributed by atoms with van der Waals surface area (Å²) in [4.78, 5) is 24.9. The van der Waals surface area contributed by atoms with Crippen LogP contribution < -0.4 is 11.1 Å². The molecule has 2 heterocycles. The number of aryl methyl sites for hydroxylation is 3. The molecule has 4 aromatic rings. The lowest BCUT2D eigenvalue weighted by Crippen LogP contribution is -2.19. The third-order valence-corrected chi connectivity index (χ3v) is 4.51. The van der Waals surface area contributed by atoms with Gasteiger partial charge in [-0.05, 0) is 24.3 Å². The number of benzene rings is 2. The lowest BCUT2D eigenvalue weighted by molar-refractivity contribution is 0.795. The highest BCUT2D eigenvalue weighted by atomic mass is 16.1. The van der Waals surface area contributed by atoms with Crippen LogP contribution in [0.3, 0.4) is 0 Å². The summed E-state index contributed by atoms with van der Waals surface area (Å²) in [5.74, 6) is 0. The molecule has 22 heavy (non-hydrogen) atoms. The Kier molecular flexibility index (Phi) is 2.40. The van der Waals surface area contributed by atoms with E-state index in [4.69, 9.17) is 0 Å². The van der Waals surface area contributed by atoms with Crippen LogP contribution in [0.1, 0.15) is 0 Å². The molecule has 4 rings (SSSR count). The van der Waals surface area contributed by atoms with Gasteiger partial charge in [-0.25, -0.2) is 4.79 Å². The quantitative estimate of drug-likeness (QED) is 0.465. The van der Waals surface area contributed by atoms with E-state index in [-0.39, 0.29) is 11.1 Å². The molecule has 2 aromatic carbocycles. The van der Waals surface area contributed by atoms with Gasteiger partial charge in [0.15, 0.2) is 5.43 Å². The zero-order valence-electron chi connectivity index (χ0n) is 12.6. The van der Waals surface area contributed by atoms with Crippen LogP contribution in [0.5, 0.6) is 0 Å². The van der Waals surface area contributed by atoms with Gasteiger partial charge in [0.05, 0.1) is 22.1 Å². The molecule has 0 saturated heterocycles. The highest BCUT2D eigenvalue weighted by Crippen LogP contribution is 2.22.